The molecule has 0 radical (unpaired) electrons. The van der Waals surface area contributed by atoms with Crippen LogP contribution in [0, 0.1) is 5.82 Å². The third-order valence-electron chi connectivity index (χ3n) is 4.51. The number of halogens is 2. The lowest BCUT2D eigenvalue weighted by atomic mass is 10.2. The molecule has 2 heterocycles. The van der Waals surface area contributed by atoms with Gasteiger partial charge in [0.2, 0.25) is 5.89 Å². The molecule has 30 heavy (non-hydrogen) atoms. The van der Waals surface area contributed by atoms with Crippen molar-refractivity contribution < 1.29 is 8.91 Å². The molecule has 6 nitrogen and oxygen atoms in total. The Morgan fingerprint density at radius 1 is 1.13 bits per heavy atom. The Hall–Kier alpha value is -2.71. The maximum Gasteiger partial charge on any atom is 0.266 e. The minimum absolute atomic E-state index is 0.0740. The van der Waals surface area contributed by atoms with Crippen molar-refractivity contribution in [1.82, 2.24) is 19.7 Å². The van der Waals surface area contributed by atoms with Crippen molar-refractivity contribution in [2.24, 2.45) is 0 Å². The van der Waals surface area contributed by atoms with Crippen molar-refractivity contribution >= 4 is 34.3 Å². The van der Waals surface area contributed by atoms with Gasteiger partial charge < -0.3 is 4.52 Å². The maximum atomic E-state index is 13.7. The molecule has 0 saturated heterocycles. The van der Waals surface area contributed by atoms with Crippen molar-refractivity contribution in [1.29, 1.82) is 0 Å². The second-order valence-electron chi connectivity index (χ2n) is 7.06. The van der Waals surface area contributed by atoms with E-state index in [1.807, 2.05) is 26.8 Å². The molecule has 2 aromatic heterocycles. The van der Waals surface area contributed by atoms with E-state index in [0.29, 0.717) is 33.5 Å². The molecule has 4 aromatic rings. The number of benzene rings is 2. The van der Waals surface area contributed by atoms with Gasteiger partial charge in [0.25, 0.3) is 5.56 Å². The van der Waals surface area contributed by atoms with Gasteiger partial charge >= 0.3 is 0 Å². The Morgan fingerprint density at radius 3 is 2.60 bits per heavy atom. The standard InChI is InChI=1S/C21H18ClFN4O2S/c1-11(2)18-25-19(29-26-18)12(3)30-21-24-17-7-5-4-6-14(17)20(28)27(21)13-8-9-16(23)15(22)10-13/h4-12H,1-3H3/t12-/m1/s1. The third kappa shape index (κ3) is 3.85. The zero-order valence-electron chi connectivity index (χ0n) is 16.5. The first kappa shape index (κ1) is 20.6. The molecule has 0 N–H and O–H groups in total. The van der Waals surface area contributed by atoms with Crippen LogP contribution in [0.1, 0.15) is 43.7 Å². The zero-order chi connectivity index (χ0) is 21.4. The van der Waals surface area contributed by atoms with Crippen molar-refractivity contribution in [3.8, 4) is 5.69 Å². The fraction of sp³-hybridized carbons (Fsp3) is 0.238. The normalized spacial score (nSPS) is 12.6. The van der Waals surface area contributed by atoms with Crippen LogP contribution in [0.4, 0.5) is 4.39 Å². The highest BCUT2D eigenvalue weighted by Crippen LogP contribution is 2.35. The molecule has 2 aromatic carbocycles. The third-order valence-corrected chi connectivity index (χ3v) is 5.84. The molecule has 4 rings (SSSR count). The van der Waals surface area contributed by atoms with Crippen LogP contribution in [-0.4, -0.2) is 19.7 Å². The highest BCUT2D eigenvalue weighted by molar-refractivity contribution is 7.99. The lowest BCUT2D eigenvalue weighted by Gasteiger charge is -2.15. The molecular weight excluding hydrogens is 427 g/mol. The first-order valence-corrected chi connectivity index (χ1v) is 10.6. The summed E-state index contributed by atoms with van der Waals surface area (Å²) in [6, 6.07) is 11.2. The smallest absolute Gasteiger partial charge is 0.266 e. The molecule has 0 unspecified atom stereocenters. The summed E-state index contributed by atoms with van der Waals surface area (Å²) in [4.78, 5) is 22.4. The van der Waals surface area contributed by atoms with E-state index >= 15 is 0 Å². The predicted octanol–water partition coefficient (Wildman–Crippen LogP) is 5.54. The van der Waals surface area contributed by atoms with E-state index in [4.69, 9.17) is 16.1 Å². The summed E-state index contributed by atoms with van der Waals surface area (Å²) in [6.07, 6.45) is 0. The Labute approximate surface area is 181 Å². The summed E-state index contributed by atoms with van der Waals surface area (Å²) in [5, 5.41) is 4.53. The quantitative estimate of drug-likeness (QED) is 0.297. The van der Waals surface area contributed by atoms with Gasteiger partial charge in [-0.2, -0.15) is 4.98 Å². The van der Waals surface area contributed by atoms with Gasteiger partial charge in [0, 0.05) is 5.92 Å². The molecule has 0 aliphatic heterocycles. The van der Waals surface area contributed by atoms with E-state index in [2.05, 4.69) is 15.1 Å². The van der Waals surface area contributed by atoms with Crippen LogP contribution in [0.3, 0.4) is 0 Å². The van der Waals surface area contributed by atoms with Crippen molar-refractivity contribution in [2.75, 3.05) is 0 Å². The summed E-state index contributed by atoms with van der Waals surface area (Å²) >= 11 is 7.27. The number of aromatic nitrogens is 4. The first-order chi connectivity index (χ1) is 14.3. The monoisotopic (exact) mass is 444 g/mol. The molecule has 0 spiro atoms. The average Bonchev–Trinajstić information content (AvgIpc) is 3.21. The zero-order valence-corrected chi connectivity index (χ0v) is 18.0. The largest absolute Gasteiger partial charge is 0.338 e. The van der Waals surface area contributed by atoms with Crippen LogP contribution in [-0.2, 0) is 0 Å². The fourth-order valence-electron chi connectivity index (χ4n) is 2.90. The van der Waals surface area contributed by atoms with Crippen LogP contribution in [0.5, 0.6) is 0 Å². The lowest BCUT2D eigenvalue weighted by molar-refractivity contribution is 0.373. The van der Waals surface area contributed by atoms with Gasteiger partial charge in [0.1, 0.15) is 5.82 Å². The van der Waals surface area contributed by atoms with Crippen molar-refractivity contribution in [3.05, 3.63) is 75.4 Å². The summed E-state index contributed by atoms with van der Waals surface area (Å²) in [5.41, 5.74) is 0.717. The summed E-state index contributed by atoms with van der Waals surface area (Å²) < 4.78 is 20.5. The molecule has 0 amide bonds. The van der Waals surface area contributed by atoms with Crippen LogP contribution in [0.25, 0.3) is 16.6 Å². The van der Waals surface area contributed by atoms with Crippen LogP contribution in [0.2, 0.25) is 5.02 Å². The van der Waals surface area contributed by atoms with Crippen LogP contribution in [0.15, 0.2) is 56.9 Å². The van der Waals surface area contributed by atoms with Crippen molar-refractivity contribution in [3.63, 3.8) is 0 Å². The second kappa shape index (κ2) is 8.20. The number of nitrogens with zero attached hydrogens (tertiary/aromatic N) is 4. The van der Waals surface area contributed by atoms with Gasteiger partial charge in [-0.05, 0) is 37.3 Å². The average molecular weight is 445 g/mol. The number of hydrogen-bond donors (Lipinski definition) is 0. The van der Waals surface area contributed by atoms with Crippen molar-refractivity contribution in [2.45, 2.75) is 37.1 Å². The Kier molecular flexibility index (Phi) is 5.62. The van der Waals surface area contributed by atoms with E-state index < -0.39 is 5.82 Å². The molecule has 0 aliphatic carbocycles. The Bertz CT molecular complexity index is 1290. The Morgan fingerprint density at radius 2 is 1.90 bits per heavy atom. The van der Waals surface area contributed by atoms with Gasteiger partial charge in [-0.25, -0.2) is 9.37 Å². The number of rotatable bonds is 5. The summed E-state index contributed by atoms with van der Waals surface area (Å²) in [5.74, 6) is 0.635. The molecule has 0 saturated carbocycles. The molecule has 9 heteroatoms. The van der Waals surface area contributed by atoms with Crippen LogP contribution >= 0.6 is 23.4 Å². The predicted molar refractivity (Wildman–Crippen MR) is 115 cm³/mol. The topological polar surface area (TPSA) is 73.8 Å². The summed E-state index contributed by atoms with van der Waals surface area (Å²) in [7, 11) is 0. The SMILES string of the molecule is CC(C)c1noc([C@@H](C)Sc2nc3ccccc3c(=O)n2-c2ccc(F)c(Cl)c2)n1. The Balaban J connectivity index is 1.84. The van der Waals surface area contributed by atoms with E-state index in [1.54, 1.807) is 18.2 Å². The molecule has 154 valence electrons. The summed E-state index contributed by atoms with van der Waals surface area (Å²) in [6.45, 7) is 5.85. The van der Waals surface area contributed by atoms with Gasteiger partial charge in [-0.15, -0.1) is 0 Å². The van der Waals surface area contributed by atoms with Gasteiger partial charge in [0.05, 0.1) is 26.9 Å². The number of thioether (sulfide) groups is 1. The second-order valence-corrected chi connectivity index (χ2v) is 8.77. The van der Waals surface area contributed by atoms with E-state index in [1.165, 1.54) is 34.5 Å². The van der Waals surface area contributed by atoms with E-state index in [9.17, 15) is 9.18 Å². The number of para-hydroxylation sites is 1. The highest BCUT2D eigenvalue weighted by Gasteiger charge is 2.22. The maximum absolute atomic E-state index is 13.7. The van der Waals surface area contributed by atoms with Gasteiger partial charge in [-0.3, -0.25) is 9.36 Å². The molecule has 1 atom stereocenters. The van der Waals surface area contributed by atoms with E-state index in [-0.39, 0.29) is 21.7 Å². The molecule has 0 aliphatic rings. The minimum Gasteiger partial charge on any atom is -0.338 e. The fourth-order valence-corrected chi connectivity index (χ4v) is 4.03. The molecular formula is C21H18ClFN4O2S. The number of fused-ring (bicyclic) bond motifs is 1. The van der Waals surface area contributed by atoms with Gasteiger partial charge in [0.15, 0.2) is 11.0 Å². The van der Waals surface area contributed by atoms with Crippen LogP contribution < -0.4 is 5.56 Å². The minimum atomic E-state index is -0.558. The molecule has 0 fully saturated rings. The molecule has 0 bridgehead atoms. The lowest BCUT2D eigenvalue weighted by Crippen LogP contribution is -2.22. The van der Waals surface area contributed by atoms with Gasteiger partial charge in [-0.1, -0.05) is 54.5 Å². The highest BCUT2D eigenvalue weighted by atomic mass is 35.5. The first-order valence-electron chi connectivity index (χ1n) is 9.32. The number of hydrogen-bond acceptors (Lipinski definition) is 6. The van der Waals surface area contributed by atoms with E-state index in [0.717, 1.165) is 0 Å².